The highest BCUT2D eigenvalue weighted by molar-refractivity contribution is 8.04. The summed E-state index contributed by atoms with van der Waals surface area (Å²) in [6.07, 6.45) is 8.05. The molecule has 2 saturated heterocycles. The Kier molecular flexibility index (Phi) is 8.08. The van der Waals surface area contributed by atoms with Crippen molar-refractivity contribution in [3.63, 3.8) is 0 Å². The van der Waals surface area contributed by atoms with Crippen molar-refractivity contribution in [1.82, 2.24) is 9.80 Å². The second-order valence-electron chi connectivity index (χ2n) is 11.1. The fourth-order valence-corrected chi connectivity index (χ4v) is 7.21. The van der Waals surface area contributed by atoms with E-state index in [0.717, 1.165) is 47.6 Å². The average molecular weight is 552 g/mol. The quantitative estimate of drug-likeness (QED) is 0.329. The molecule has 6 rings (SSSR count). The first-order chi connectivity index (χ1) is 19.6. The van der Waals surface area contributed by atoms with E-state index in [9.17, 15) is 9.59 Å². The van der Waals surface area contributed by atoms with E-state index < -0.39 is 0 Å². The van der Waals surface area contributed by atoms with E-state index in [-0.39, 0.29) is 11.8 Å². The number of hydrogen-bond acceptors (Lipinski definition) is 4. The van der Waals surface area contributed by atoms with Gasteiger partial charge < -0.3 is 14.7 Å². The van der Waals surface area contributed by atoms with Gasteiger partial charge in [0.25, 0.3) is 11.8 Å². The Bertz CT molecular complexity index is 1400. The van der Waals surface area contributed by atoms with Gasteiger partial charge in [-0.25, -0.2) is 0 Å². The maximum Gasteiger partial charge on any atom is 0.265 e. The standard InChI is InChI=1S/C34H37N3O2S/c1-25-9-3-4-10-28(25)24-37-30-11-5-6-12-31(30)40-32(34(37)39)23-26-13-15-27(16-14-26)33(38)36-21-17-29(18-22-36)35-19-7-2-8-20-35/h3-6,9-16,23,29H,2,7-8,17-22,24H2,1H3. The lowest BCUT2D eigenvalue weighted by Gasteiger charge is -2.40. The molecule has 0 N–H and O–H groups in total. The molecule has 3 aliphatic rings. The number of hydrogen-bond donors (Lipinski definition) is 0. The Morgan fingerprint density at radius 2 is 1.57 bits per heavy atom. The molecule has 2 fully saturated rings. The fourth-order valence-electron chi connectivity index (χ4n) is 6.15. The van der Waals surface area contributed by atoms with Gasteiger partial charge >= 0.3 is 0 Å². The molecule has 5 nitrogen and oxygen atoms in total. The van der Waals surface area contributed by atoms with Crippen LogP contribution in [0.4, 0.5) is 5.69 Å². The van der Waals surface area contributed by atoms with Crippen molar-refractivity contribution >= 4 is 35.3 Å². The van der Waals surface area contributed by atoms with Crippen molar-refractivity contribution in [2.24, 2.45) is 0 Å². The van der Waals surface area contributed by atoms with Crippen LogP contribution in [-0.4, -0.2) is 53.8 Å². The van der Waals surface area contributed by atoms with E-state index in [1.54, 1.807) is 0 Å². The van der Waals surface area contributed by atoms with Crippen LogP contribution in [0.2, 0.25) is 0 Å². The molecule has 0 saturated carbocycles. The van der Waals surface area contributed by atoms with Crippen LogP contribution in [-0.2, 0) is 11.3 Å². The summed E-state index contributed by atoms with van der Waals surface area (Å²) in [7, 11) is 0. The lowest BCUT2D eigenvalue weighted by atomic mass is 9.99. The zero-order valence-electron chi connectivity index (χ0n) is 23.2. The third-order valence-corrected chi connectivity index (χ3v) is 9.61. The summed E-state index contributed by atoms with van der Waals surface area (Å²) in [6.45, 7) is 6.70. The molecule has 3 aliphatic heterocycles. The summed E-state index contributed by atoms with van der Waals surface area (Å²) in [4.78, 5) is 35.2. The van der Waals surface area contributed by atoms with Gasteiger partial charge in [0.15, 0.2) is 0 Å². The number of carbonyl (C=O) groups is 2. The lowest BCUT2D eigenvalue weighted by molar-refractivity contribution is -0.114. The predicted molar refractivity (Wildman–Crippen MR) is 163 cm³/mol. The third kappa shape index (κ3) is 5.74. The molecule has 40 heavy (non-hydrogen) atoms. The Hall–Kier alpha value is -3.35. The molecule has 0 unspecified atom stereocenters. The minimum Gasteiger partial charge on any atom is -0.339 e. The number of nitrogens with zero attached hydrogens (tertiary/aromatic N) is 3. The van der Waals surface area contributed by atoms with E-state index in [0.29, 0.717) is 23.1 Å². The first-order valence-electron chi connectivity index (χ1n) is 14.6. The van der Waals surface area contributed by atoms with Crippen molar-refractivity contribution in [2.45, 2.75) is 56.5 Å². The molecular weight excluding hydrogens is 514 g/mol. The summed E-state index contributed by atoms with van der Waals surface area (Å²) in [6, 6.07) is 24.7. The van der Waals surface area contributed by atoms with Gasteiger partial charge in [-0.15, -0.1) is 0 Å². The van der Waals surface area contributed by atoms with Gasteiger partial charge in [0.05, 0.1) is 17.1 Å². The highest BCUT2D eigenvalue weighted by Crippen LogP contribution is 2.42. The van der Waals surface area contributed by atoms with Gasteiger partial charge in [0.2, 0.25) is 0 Å². The van der Waals surface area contributed by atoms with Crippen LogP contribution >= 0.6 is 11.8 Å². The monoisotopic (exact) mass is 551 g/mol. The van der Waals surface area contributed by atoms with E-state index >= 15 is 0 Å². The number of piperidine rings is 2. The number of amides is 2. The summed E-state index contributed by atoms with van der Waals surface area (Å²) in [5.41, 5.74) is 4.90. The largest absolute Gasteiger partial charge is 0.339 e. The van der Waals surface area contributed by atoms with Crippen LogP contribution in [0.5, 0.6) is 0 Å². The Morgan fingerprint density at radius 3 is 2.33 bits per heavy atom. The summed E-state index contributed by atoms with van der Waals surface area (Å²) >= 11 is 1.51. The molecule has 2 amide bonds. The molecular formula is C34H37N3O2S. The molecule has 3 aromatic rings. The number of rotatable bonds is 5. The van der Waals surface area contributed by atoms with Crippen molar-refractivity contribution in [2.75, 3.05) is 31.1 Å². The molecule has 0 spiro atoms. The van der Waals surface area contributed by atoms with E-state index in [4.69, 9.17) is 0 Å². The molecule has 0 bridgehead atoms. The molecule has 3 aromatic carbocycles. The van der Waals surface area contributed by atoms with Gasteiger partial charge in [-0.05, 0) is 92.7 Å². The number of para-hydroxylation sites is 1. The first kappa shape index (κ1) is 26.9. The van der Waals surface area contributed by atoms with Crippen LogP contribution < -0.4 is 4.90 Å². The van der Waals surface area contributed by atoms with Gasteiger partial charge in [-0.3, -0.25) is 9.59 Å². The SMILES string of the molecule is Cc1ccccc1CN1C(=O)C(=Cc2ccc(C(=O)N3CCC(N4CCCCC4)CC3)cc2)Sc2ccccc21. The smallest absolute Gasteiger partial charge is 0.265 e. The summed E-state index contributed by atoms with van der Waals surface area (Å²) in [5.74, 6) is 0.112. The zero-order valence-corrected chi connectivity index (χ0v) is 24.0. The normalized spacial score (nSPS) is 19.6. The Balaban J connectivity index is 1.15. The average Bonchev–Trinajstić information content (AvgIpc) is 3.01. The van der Waals surface area contributed by atoms with E-state index in [1.165, 1.54) is 49.7 Å². The summed E-state index contributed by atoms with van der Waals surface area (Å²) in [5, 5.41) is 0. The van der Waals surface area contributed by atoms with Gasteiger partial charge in [0.1, 0.15) is 0 Å². The molecule has 0 aromatic heterocycles. The van der Waals surface area contributed by atoms with Gasteiger partial charge in [0, 0.05) is 29.6 Å². The Labute approximate surface area is 241 Å². The topological polar surface area (TPSA) is 43.9 Å². The van der Waals surface area contributed by atoms with Gasteiger partial charge in [-0.1, -0.05) is 66.7 Å². The number of aryl methyl sites for hydroxylation is 1. The number of likely N-dealkylation sites (tertiary alicyclic amines) is 2. The second-order valence-corrected chi connectivity index (χ2v) is 12.2. The van der Waals surface area contributed by atoms with Crippen LogP contribution in [0.3, 0.4) is 0 Å². The van der Waals surface area contributed by atoms with Crippen molar-refractivity contribution < 1.29 is 9.59 Å². The predicted octanol–water partition coefficient (Wildman–Crippen LogP) is 6.77. The maximum atomic E-state index is 13.7. The summed E-state index contributed by atoms with van der Waals surface area (Å²) < 4.78 is 0. The highest BCUT2D eigenvalue weighted by Gasteiger charge is 2.30. The van der Waals surface area contributed by atoms with Crippen molar-refractivity contribution in [3.05, 3.63) is 100.0 Å². The minimum atomic E-state index is 0.00341. The second kappa shape index (κ2) is 12.0. The van der Waals surface area contributed by atoms with Crippen LogP contribution in [0.1, 0.15) is 59.2 Å². The maximum absolute atomic E-state index is 13.7. The number of anilines is 1. The first-order valence-corrected chi connectivity index (χ1v) is 15.4. The fraction of sp³-hybridized carbons (Fsp3) is 0.353. The molecule has 6 heteroatoms. The molecule has 0 atom stereocenters. The number of carbonyl (C=O) groups excluding carboxylic acids is 2. The van der Waals surface area contributed by atoms with E-state index in [2.05, 4.69) is 30.0 Å². The highest BCUT2D eigenvalue weighted by atomic mass is 32.2. The van der Waals surface area contributed by atoms with E-state index in [1.807, 2.05) is 70.5 Å². The zero-order chi connectivity index (χ0) is 27.5. The number of fused-ring (bicyclic) bond motifs is 1. The van der Waals surface area contributed by atoms with Crippen LogP contribution in [0.15, 0.2) is 82.6 Å². The van der Waals surface area contributed by atoms with Crippen LogP contribution in [0, 0.1) is 6.92 Å². The minimum absolute atomic E-state index is 0.00341. The molecule has 0 aliphatic carbocycles. The Morgan fingerprint density at radius 1 is 0.875 bits per heavy atom. The number of thioether (sulfide) groups is 1. The van der Waals surface area contributed by atoms with Crippen LogP contribution in [0.25, 0.3) is 6.08 Å². The van der Waals surface area contributed by atoms with Crippen molar-refractivity contribution in [1.29, 1.82) is 0 Å². The molecule has 3 heterocycles. The van der Waals surface area contributed by atoms with Crippen molar-refractivity contribution in [3.8, 4) is 0 Å². The third-order valence-electron chi connectivity index (χ3n) is 8.54. The molecule has 206 valence electrons. The van der Waals surface area contributed by atoms with Gasteiger partial charge in [-0.2, -0.15) is 0 Å². The number of benzene rings is 3. The molecule has 0 radical (unpaired) electrons. The lowest BCUT2D eigenvalue weighted by Crippen LogP contribution is -2.48.